The number of rotatable bonds is 7. The van der Waals surface area contributed by atoms with Gasteiger partial charge in [-0.25, -0.2) is 14.3 Å². The summed E-state index contributed by atoms with van der Waals surface area (Å²) in [6, 6.07) is 20.2. The molecule has 2 aliphatic carbocycles. The molecule has 0 aliphatic heterocycles. The van der Waals surface area contributed by atoms with Gasteiger partial charge >= 0.3 is 5.97 Å². The maximum Gasteiger partial charge on any atom is 0.334 e. The van der Waals surface area contributed by atoms with E-state index in [0.29, 0.717) is 22.9 Å². The van der Waals surface area contributed by atoms with Gasteiger partial charge in [-0.05, 0) is 47.8 Å². The number of carbonyl (C=O) groups excluding carboxylic acids is 1. The SMILES string of the molecule is COC(=O)C1(Cl)C=CC(c2ccccc2)C(COc2ccc(-c3cnc4c(C#N)cnn4c3C3CCCCC3)cc2)=C1. The van der Waals surface area contributed by atoms with Gasteiger partial charge in [-0.1, -0.05) is 85.5 Å². The van der Waals surface area contributed by atoms with Crippen LogP contribution in [0.15, 0.2) is 90.8 Å². The fraction of sp³-hybridized carbons (Fsp3) is 0.294. The third kappa shape index (κ3) is 5.31. The van der Waals surface area contributed by atoms with Gasteiger partial charge in [-0.15, -0.1) is 0 Å². The Hall–Kier alpha value is -4.41. The van der Waals surface area contributed by atoms with Crippen molar-refractivity contribution in [3.05, 3.63) is 108 Å². The Morgan fingerprint density at radius 1 is 1.10 bits per heavy atom. The first kappa shape index (κ1) is 27.7. The highest BCUT2D eigenvalue weighted by Gasteiger charge is 2.37. The van der Waals surface area contributed by atoms with Gasteiger partial charge in [-0.2, -0.15) is 10.4 Å². The van der Waals surface area contributed by atoms with Crippen LogP contribution in [0.1, 0.15) is 60.8 Å². The van der Waals surface area contributed by atoms with Crippen LogP contribution in [0.4, 0.5) is 0 Å². The quantitative estimate of drug-likeness (QED) is 0.132. The number of halogens is 1. The number of benzene rings is 2. The van der Waals surface area contributed by atoms with Crippen molar-refractivity contribution in [2.45, 2.75) is 48.8 Å². The van der Waals surface area contributed by atoms with Gasteiger partial charge in [0.1, 0.15) is 24.0 Å². The molecule has 2 aliphatic rings. The maximum atomic E-state index is 12.4. The van der Waals surface area contributed by atoms with Crippen LogP contribution in [0.2, 0.25) is 0 Å². The number of esters is 1. The fourth-order valence-corrected chi connectivity index (χ4v) is 6.37. The van der Waals surface area contributed by atoms with Crippen molar-refractivity contribution < 1.29 is 14.3 Å². The lowest BCUT2D eigenvalue weighted by Gasteiger charge is -2.28. The number of hydrogen-bond donors (Lipinski definition) is 0. The van der Waals surface area contributed by atoms with Crippen molar-refractivity contribution in [1.29, 1.82) is 5.26 Å². The van der Waals surface area contributed by atoms with E-state index in [9.17, 15) is 10.1 Å². The Kier molecular flexibility index (Phi) is 7.82. The molecular weight excluding hydrogens is 548 g/mol. The molecule has 1 fully saturated rings. The van der Waals surface area contributed by atoms with Crippen molar-refractivity contribution in [2.24, 2.45) is 0 Å². The van der Waals surface area contributed by atoms with Crippen molar-refractivity contribution in [3.63, 3.8) is 0 Å². The second kappa shape index (κ2) is 11.8. The first-order valence-corrected chi connectivity index (χ1v) is 14.6. The van der Waals surface area contributed by atoms with Crippen molar-refractivity contribution in [3.8, 4) is 22.9 Å². The van der Waals surface area contributed by atoms with Crippen LogP contribution >= 0.6 is 11.6 Å². The number of carbonyl (C=O) groups is 1. The number of nitrogens with zero attached hydrogens (tertiary/aromatic N) is 4. The van der Waals surface area contributed by atoms with Crippen molar-refractivity contribution in [2.75, 3.05) is 13.7 Å². The molecule has 2 aromatic heterocycles. The summed E-state index contributed by atoms with van der Waals surface area (Å²) < 4.78 is 13.1. The molecule has 0 amide bonds. The van der Waals surface area contributed by atoms with Crippen LogP contribution in [0.3, 0.4) is 0 Å². The molecule has 0 radical (unpaired) electrons. The summed E-state index contributed by atoms with van der Waals surface area (Å²) >= 11 is 6.65. The van der Waals surface area contributed by atoms with Crippen LogP contribution in [-0.4, -0.2) is 39.2 Å². The highest BCUT2D eigenvalue weighted by Crippen LogP contribution is 2.39. The van der Waals surface area contributed by atoms with Crippen LogP contribution in [-0.2, 0) is 9.53 Å². The number of methoxy groups -OCH3 is 1. The summed E-state index contributed by atoms with van der Waals surface area (Å²) in [6.07, 6.45) is 14.6. The second-order valence-electron chi connectivity index (χ2n) is 10.8. The average Bonchev–Trinajstić information content (AvgIpc) is 3.47. The number of alkyl halides is 1. The lowest BCUT2D eigenvalue weighted by atomic mass is 9.83. The average molecular weight is 579 g/mol. The van der Waals surface area contributed by atoms with Crippen molar-refractivity contribution in [1.82, 2.24) is 14.6 Å². The highest BCUT2D eigenvalue weighted by atomic mass is 35.5. The monoisotopic (exact) mass is 578 g/mol. The number of allylic oxidation sites excluding steroid dienone is 1. The van der Waals surface area contributed by atoms with E-state index >= 15 is 0 Å². The predicted octanol–water partition coefficient (Wildman–Crippen LogP) is 7.13. The van der Waals surface area contributed by atoms with E-state index < -0.39 is 10.8 Å². The summed E-state index contributed by atoms with van der Waals surface area (Å²) in [5.41, 5.74) is 6.18. The van der Waals surface area contributed by atoms with Gasteiger partial charge in [0, 0.05) is 23.6 Å². The molecule has 2 heterocycles. The Bertz CT molecular complexity index is 1700. The second-order valence-corrected chi connectivity index (χ2v) is 11.5. The van der Waals surface area contributed by atoms with E-state index in [1.165, 1.54) is 26.4 Å². The van der Waals surface area contributed by atoms with Gasteiger partial charge in [0.25, 0.3) is 0 Å². The summed E-state index contributed by atoms with van der Waals surface area (Å²) in [6.45, 7) is 0.250. The maximum absolute atomic E-state index is 12.4. The summed E-state index contributed by atoms with van der Waals surface area (Å²) in [5.74, 6) is 0.434. The molecule has 4 aromatic rings. The summed E-state index contributed by atoms with van der Waals surface area (Å²) in [5, 5.41) is 14.1. The number of aromatic nitrogens is 3. The van der Waals surface area contributed by atoms with E-state index in [0.717, 1.165) is 40.8 Å². The van der Waals surface area contributed by atoms with E-state index in [1.807, 2.05) is 71.4 Å². The molecule has 212 valence electrons. The summed E-state index contributed by atoms with van der Waals surface area (Å²) in [7, 11) is 1.33. The van der Waals surface area contributed by atoms with Crippen LogP contribution in [0.25, 0.3) is 16.8 Å². The van der Waals surface area contributed by atoms with Gasteiger partial charge in [0.05, 0.1) is 19.0 Å². The number of hydrogen-bond acceptors (Lipinski definition) is 6. The lowest BCUT2D eigenvalue weighted by molar-refractivity contribution is -0.141. The van der Waals surface area contributed by atoms with Crippen LogP contribution in [0.5, 0.6) is 5.75 Å². The van der Waals surface area contributed by atoms with Gasteiger partial charge in [0.2, 0.25) is 0 Å². The largest absolute Gasteiger partial charge is 0.489 e. The minimum atomic E-state index is -1.37. The minimum Gasteiger partial charge on any atom is -0.489 e. The minimum absolute atomic E-state index is 0.0785. The molecule has 2 unspecified atom stereocenters. The van der Waals surface area contributed by atoms with Gasteiger partial charge in [0.15, 0.2) is 10.5 Å². The Morgan fingerprint density at radius 3 is 2.57 bits per heavy atom. The third-order valence-electron chi connectivity index (χ3n) is 8.23. The first-order chi connectivity index (χ1) is 20.5. The number of fused-ring (bicyclic) bond motifs is 1. The summed E-state index contributed by atoms with van der Waals surface area (Å²) in [4.78, 5) is 15.7. The molecule has 2 aromatic carbocycles. The zero-order chi connectivity index (χ0) is 29.1. The molecule has 2 atom stereocenters. The molecule has 7 nitrogen and oxygen atoms in total. The molecular formula is C34H31ClN4O3. The molecule has 0 spiro atoms. The normalized spacial score (nSPS) is 20.6. The first-order valence-electron chi connectivity index (χ1n) is 14.2. The lowest BCUT2D eigenvalue weighted by Crippen LogP contribution is -2.33. The topological polar surface area (TPSA) is 89.5 Å². The molecule has 42 heavy (non-hydrogen) atoms. The molecule has 0 N–H and O–H groups in total. The van der Waals surface area contributed by atoms with E-state index in [-0.39, 0.29) is 12.5 Å². The standard InChI is InChI=1S/C34H31ClN4O3/c1-41-33(40)34(35)17-16-29(23-8-4-2-5-9-23)26(18-34)22-42-28-14-12-24(13-15-28)30-21-37-32-27(19-36)20-38-39(32)31(30)25-10-6-3-7-11-25/h2,4-5,8-9,12-18,20-21,25,29H,3,6-7,10-11,22H2,1H3. The van der Waals surface area contributed by atoms with E-state index in [2.05, 4.69) is 16.2 Å². The zero-order valence-electron chi connectivity index (χ0n) is 23.4. The molecule has 0 saturated heterocycles. The Balaban J connectivity index is 1.28. The van der Waals surface area contributed by atoms with Gasteiger partial charge in [-0.3, -0.25) is 0 Å². The van der Waals surface area contributed by atoms with Crippen LogP contribution < -0.4 is 4.74 Å². The zero-order valence-corrected chi connectivity index (χ0v) is 24.1. The highest BCUT2D eigenvalue weighted by molar-refractivity contribution is 6.37. The smallest absolute Gasteiger partial charge is 0.334 e. The third-order valence-corrected chi connectivity index (χ3v) is 8.62. The fourth-order valence-electron chi connectivity index (χ4n) is 6.08. The Morgan fingerprint density at radius 2 is 1.86 bits per heavy atom. The van der Waals surface area contributed by atoms with Crippen LogP contribution in [0, 0.1) is 11.3 Å². The molecule has 1 saturated carbocycles. The van der Waals surface area contributed by atoms with E-state index in [1.54, 1.807) is 18.3 Å². The predicted molar refractivity (Wildman–Crippen MR) is 161 cm³/mol. The van der Waals surface area contributed by atoms with Crippen molar-refractivity contribution >= 4 is 23.2 Å². The molecule has 8 heteroatoms. The molecule has 6 rings (SSSR count). The van der Waals surface area contributed by atoms with Gasteiger partial charge < -0.3 is 9.47 Å². The molecule has 0 bridgehead atoms. The number of ether oxygens (including phenoxy) is 2. The Labute approximate surface area is 250 Å². The van der Waals surface area contributed by atoms with E-state index in [4.69, 9.17) is 21.1 Å². The number of nitriles is 1.